The summed E-state index contributed by atoms with van der Waals surface area (Å²) >= 11 is 6.62. The number of halogens is 1. The molecule has 0 aliphatic rings. The number of thiophene rings is 1. The quantitative estimate of drug-likeness (QED) is 0.642. The van der Waals surface area contributed by atoms with Crippen molar-refractivity contribution in [1.82, 2.24) is 10.3 Å². The van der Waals surface area contributed by atoms with Crippen LogP contribution in [0.2, 0.25) is 0 Å². The number of hydrogen-bond donors (Lipinski definition) is 1. The number of rotatable bonds is 4. The van der Waals surface area contributed by atoms with E-state index in [4.69, 9.17) is 0 Å². The zero-order valence-electron chi connectivity index (χ0n) is 12.6. The zero-order valence-corrected chi connectivity index (χ0v) is 15.8. The van der Waals surface area contributed by atoms with Gasteiger partial charge in [-0.2, -0.15) is 0 Å². The molecule has 0 saturated heterocycles. The third kappa shape index (κ3) is 4.78. The molecule has 0 spiro atoms. The molecule has 0 atom stereocenters. The topological polar surface area (TPSA) is 42.0 Å². The largest absolute Gasteiger partial charge is 0.345 e. The summed E-state index contributed by atoms with van der Waals surface area (Å²) in [4.78, 5) is 17.6. The molecule has 3 nitrogen and oxygen atoms in total. The van der Waals surface area contributed by atoms with E-state index in [9.17, 15) is 4.79 Å². The number of hydrogen-bond acceptors (Lipinski definition) is 4. The Morgan fingerprint density at radius 2 is 2.04 bits per heavy atom. The summed E-state index contributed by atoms with van der Waals surface area (Å²) in [6.45, 7) is 0.336. The molecule has 24 heavy (non-hydrogen) atoms. The first-order valence-electron chi connectivity index (χ1n) is 7.20. The highest BCUT2D eigenvalue weighted by Gasteiger charge is 2.10. The Bertz CT molecular complexity index is 890. The zero-order chi connectivity index (χ0) is 16.8. The first-order valence-corrected chi connectivity index (χ1v) is 9.75. The first-order chi connectivity index (χ1) is 11.7. The van der Waals surface area contributed by atoms with E-state index in [0.29, 0.717) is 6.54 Å². The summed E-state index contributed by atoms with van der Waals surface area (Å²) in [5, 5.41) is 7.69. The standard InChI is InChI=1S/C18H13BrN2OS2/c19-14-9-16(23-11-14)18-21-15(12-24-18)10-17(22)20-8-4-7-13-5-2-1-3-6-13/h1-3,5-6,9,11-12H,8,10H2,(H,20,22). The number of thiazole rings is 1. The highest BCUT2D eigenvalue weighted by Crippen LogP contribution is 2.31. The third-order valence-corrected chi connectivity index (χ3v) is 5.80. The Labute approximate surface area is 156 Å². The molecule has 0 saturated carbocycles. The maximum Gasteiger partial charge on any atom is 0.226 e. The Hall–Kier alpha value is -1.94. The van der Waals surface area contributed by atoms with Crippen LogP contribution >= 0.6 is 38.6 Å². The summed E-state index contributed by atoms with van der Waals surface area (Å²) in [5.74, 6) is 5.89. The van der Waals surface area contributed by atoms with Gasteiger partial charge in [0.2, 0.25) is 5.91 Å². The minimum absolute atomic E-state index is 0.0680. The van der Waals surface area contributed by atoms with Gasteiger partial charge in [0.05, 0.1) is 23.5 Å². The molecule has 0 aliphatic heterocycles. The molecule has 0 fully saturated rings. The van der Waals surface area contributed by atoms with E-state index < -0.39 is 0 Å². The number of aromatic nitrogens is 1. The average Bonchev–Trinajstić information content (AvgIpc) is 3.21. The lowest BCUT2D eigenvalue weighted by Gasteiger charge is -1.98. The van der Waals surface area contributed by atoms with Crippen molar-refractivity contribution in [2.45, 2.75) is 6.42 Å². The maximum atomic E-state index is 12.0. The second kappa shape index (κ2) is 8.25. The van der Waals surface area contributed by atoms with Crippen LogP contribution in [0.3, 0.4) is 0 Å². The van der Waals surface area contributed by atoms with Crippen LogP contribution in [0.5, 0.6) is 0 Å². The fourth-order valence-corrected chi connectivity index (χ4v) is 4.29. The Morgan fingerprint density at radius 1 is 1.21 bits per heavy atom. The van der Waals surface area contributed by atoms with Crippen molar-refractivity contribution in [1.29, 1.82) is 0 Å². The Balaban J connectivity index is 1.51. The van der Waals surface area contributed by atoms with Crippen molar-refractivity contribution in [2.75, 3.05) is 6.54 Å². The van der Waals surface area contributed by atoms with Crippen LogP contribution in [-0.4, -0.2) is 17.4 Å². The SMILES string of the molecule is O=C(Cc1csc(-c2cc(Br)cs2)n1)NCC#Cc1ccccc1. The van der Waals surface area contributed by atoms with Crippen LogP contribution in [0, 0.1) is 11.8 Å². The Kier molecular flexibility index (Phi) is 5.81. The summed E-state index contributed by atoms with van der Waals surface area (Å²) in [5.41, 5.74) is 1.73. The summed E-state index contributed by atoms with van der Waals surface area (Å²) < 4.78 is 1.05. The minimum Gasteiger partial charge on any atom is -0.345 e. The second-order valence-corrected chi connectivity index (χ2v) is 7.58. The van der Waals surface area contributed by atoms with Crippen LogP contribution in [0.1, 0.15) is 11.3 Å². The van der Waals surface area contributed by atoms with Gasteiger partial charge in [0.25, 0.3) is 0 Å². The van der Waals surface area contributed by atoms with Crippen molar-refractivity contribution >= 4 is 44.5 Å². The predicted octanol–water partition coefficient (Wildman–Crippen LogP) is 4.34. The van der Waals surface area contributed by atoms with Crippen LogP contribution in [0.15, 0.2) is 51.6 Å². The molecule has 1 N–H and O–H groups in total. The molecule has 120 valence electrons. The monoisotopic (exact) mass is 416 g/mol. The van der Waals surface area contributed by atoms with Gasteiger partial charge in [0, 0.05) is 20.8 Å². The van der Waals surface area contributed by atoms with E-state index in [1.165, 1.54) is 0 Å². The number of benzene rings is 1. The molecular weight excluding hydrogens is 404 g/mol. The fourth-order valence-electron chi connectivity index (χ4n) is 1.96. The predicted molar refractivity (Wildman–Crippen MR) is 103 cm³/mol. The highest BCUT2D eigenvalue weighted by atomic mass is 79.9. The van der Waals surface area contributed by atoms with Gasteiger partial charge >= 0.3 is 0 Å². The summed E-state index contributed by atoms with van der Waals surface area (Å²) in [6.07, 6.45) is 0.274. The van der Waals surface area contributed by atoms with Gasteiger partial charge in [-0.25, -0.2) is 4.98 Å². The van der Waals surface area contributed by atoms with Crippen LogP contribution < -0.4 is 5.32 Å². The Morgan fingerprint density at radius 3 is 2.79 bits per heavy atom. The molecule has 2 aromatic heterocycles. The van der Waals surface area contributed by atoms with Gasteiger partial charge in [-0.1, -0.05) is 30.0 Å². The normalized spacial score (nSPS) is 10.0. The van der Waals surface area contributed by atoms with Crippen molar-refractivity contribution in [3.8, 4) is 21.7 Å². The second-order valence-electron chi connectivity index (χ2n) is 4.89. The molecule has 0 unspecified atom stereocenters. The van der Waals surface area contributed by atoms with Gasteiger partial charge in [0.1, 0.15) is 5.01 Å². The van der Waals surface area contributed by atoms with E-state index >= 15 is 0 Å². The molecule has 3 rings (SSSR count). The van der Waals surface area contributed by atoms with E-state index in [0.717, 1.165) is 25.6 Å². The molecule has 0 radical (unpaired) electrons. The molecule has 6 heteroatoms. The number of nitrogens with one attached hydrogen (secondary N) is 1. The van der Waals surface area contributed by atoms with Crippen molar-refractivity contribution in [3.63, 3.8) is 0 Å². The van der Waals surface area contributed by atoms with Gasteiger partial charge in [-0.15, -0.1) is 22.7 Å². The van der Waals surface area contributed by atoms with E-state index in [1.54, 1.807) is 22.7 Å². The van der Waals surface area contributed by atoms with E-state index in [-0.39, 0.29) is 12.3 Å². The lowest BCUT2D eigenvalue weighted by molar-refractivity contribution is -0.120. The molecular formula is C18H13BrN2OS2. The van der Waals surface area contributed by atoms with Gasteiger partial charge in [0.15, 0.2) is 0 Å². The van der Waals surface area contributed by atoms with E-state index in [2.05, 4.69) is 38.1 Å². The first kappa shape index (κ1) is 16.9. The molecule has 3 aromatic rings. The number of carbonyl (C=O) groups is 1. The number of amides is 1. The highest BCUT2D eigenvalue weighted by molar-refractivity contribution is 9.10. The van der Waals surface area contributed by atoms with Crippen LogP contribution in [-0.2, 0) is 11.2 Å². The number of nitrogens with zero attached hydrogens (tertiary/aromatic N) is 1. The van der Waals surface area contributed by atoms with Gasteiger partial charge < -0.3 is 5.32 Å². The molecule has 0 bridgehead atoms. The van der Waals surface area contributed by atoms with Crippen molar-refractivity contribution < 1.29 is 4.79 Å². The number of carbonyl (C=O) groups excluding carboxylic acids is 1. The minimum atomic E-state index is -0.0680. The fraction of sp³-hybridized carbons (Fsp3) is 0.111. The average molecular weight is 417 g/mol. The molecule has 0 aliphatic carbocycles. The van der Waals surface area contributed by atoms with Crippen LogP contribution in [0.25, 0.3) is 9.88 Å². The molecule has 1 aromatic carbocycles. The van der Waals surface area contributed by atoms with Gasteiger partial charge in [-0.05, 0) is 34.1 Å². The molecule has 1 amide bonds. The van der Waals surface area contributed by atoms with Crippen LogP contribution in [0.4, 0.5) is 0 Å². The third-order valence-electron chi connectivity index (χ3n) is 3.05. The smallest absolute Gasteiger partial charge is 0.226 e. The lowest BCUT2D eigenvalue weighted by Crippen LogP contribution is -2.25. The summed E-state index contributed by atoms with van der Waals surface area (Å²) in [6, 6.07) is 11.7. The van der Waals surface area contributed by atoms with Crippen molar-refractivity contribution in [2.24, 2.45) is 0 Å². The maximum absolute atomic E-state index is 12.0. The van der Waals surface area contributed by atoms with E-state index in [1.807, 2.05) is 47.2 Å². The lowest BCUT2D eigenvalue weighted by atomic mass is 10.2. The van der Waals surface area contributed by atoms with Crippen molar-refractivity contribution in [3.05, 3.63) is 62.9 Å². The summed E-state index contributed by atoms with van der Waals surface area (Å²) in [7, 11) is 0. The van der Waals surface area contributed by atoms with Gasteiger partial charge in [-0.3, -0.25) is 4.79 Å². The molecule has 2 heterocycles.